The Balaban J connectivity index is 0.000000249. The number of hydrogen-bond donors (Lipinski definition) is 0. The van der Waals surface area contributed by atoms with E-state index in [-0.39, 0.29) is 0 Å². The van der Waals surface area contributed by atoms with Gasteiger partial charge in [0.15, 0.2) is 0 Å². The lowest BCUT2D eigenvalue weighted by molar-refractivity contribution is 0.131. The summed E-state index contributed by atoms with van der Waals surface area (Å²) >= 11 is 0. The predicted octanol–water partition coefficient (Wildman–Crippen LogP) is 1.75. The maximum atomic E-state index is 9.80. The molecule has 1 fully saturated rings. The molecule has 0 atom stereocenters. The van der Waals surface area contributed by atoms with E-state index in [2.05, 4.69) is 9.47 Å². The van der Waals surface area contributed by atoms with Gasteiger partial charge in [-0.1, -0.05) is 0 Å². The second kappa shape index (κ2) is 9.34. The van der Waals surface area contributed by atoms with E-state index in [0.29, 0.717) is 26.1 Å². The highest BCUT2D eigenvalue weighted by molar-refractivity contribution is 5.61. The first kappa shape index (κ1) is 12.2. The number of hydrogen-bond acceptors (Lipinski definition) is 5. The van der Waals surface area contributed by atoms with Gasteiger partial charge < -0.3 is 9.47 Å². The zero-order valence-electron chi connectivity index (χ0n) is 7.86. The summed E-state index contributed by atoms with van der Waals surface area (Å²) in [5.74, 6) is 0. The van der Waals surface area contributed by atoms with Crippen molar-refractivity contribution in [3.05, 3.63) is 0 Å². The molecule has 0 aromatic carbocycles. The molecule has 1 rings (SSSR count). The van der Waals surface area contributed by atoms with Crippen LogP contribution in [0.5, 0.6) is 0 Å². The summed E-state index contributed by atoms with van der Waals surface area (Å²) in [6.45, 7) is 0.831. The summed E-state index contributed by atoms with van der Waals surface area (Å²) in [7, 11) is 0. The van der Waals surface area contributed by atoms with E-state index >= 15 is 0 Å². The van der Waals surface area contributed by atoms with Crippen molar-refractivity contribution in [1.29, 1.82) is 10.5 Å². The Bertz CT molecular complexity index is 215. The third-order valence-corrected chi connectivity index (χ3v) is 1.35. The minimum Gasteiger partial charge on any atom is -0.431 e. The fourth-order valence-corrected chi connectivity index (χ4v) is 0.700. The maximum Gasteiger partial charge on any atom is 0.508 e. The molecule has 76 valence electrons. The van der Waals surface area contributed by atoms with Crippen molar-refractivity contribution >= 4 is 6.16 Å². The second-order valence-corrected chi connectivity index (χ2v) is 2.47. The van der Waals surface area contributed by atoms with E-state index in [1.165, 1.54) is 0 Å². The molecule has 1 aliphatic heterocycles. The Morgan fingerprint density at radius 2 is 1.50 bits per heavy atom. The number of nitrogens with zero attached hydrogens (tertiary/aromatic N) is 2. The molecule has 0 aromatic rings. The van der Waals surface area contributed by atoms with Gasteiger partial charge in [-0.2, -0.15) is 10.5 Å². The molecule has 0 aromatic heterocycles. The van der Waals surface area contributed by atoms with E-state index < -0.39 is 6.16 Å². The molecule has 0 amide bonds. The lowest BCUT2D eigenvalue weighted by Crippen LogP contribution is -1.88. The molecule has 0 aliphatic carbocycles. The number of nitriles is 2. The highest BCUT2D eigenvalue weighted by Gasteiger charge is 2.09. The summed E-state index contributed by atoms with van der Waals surface area (Å²) in [4.78, 5) is 9.80. The summed E-state index contributed by atoms with van der Waals surface area (Å²) in [5, 5.41) is 16.1. The van der Waals surface area contributed by atoms with Crippen LogP contribution in [0.3, 0.4) is 0 Å². The van der Waals surface area contributed by atoms with Crippen LogP contribution in [-0.2, 0) is 9.47 Å². The maximum absolute atomic E-state index is 9.80. The van der Waals surface area contributed by atoms with Gasteiger partial charge in [0.25, 0.3) is 0 Å². The molecular weight excluding hydrogens is 184 g/mol. The van der Waals surface area contributed by atoms with Crippen LogP contribution in [0.4, 0.5) is 4.79 Å². The quantitative estimate of drug-likeness (QED) is 0.507. The molecule has 0 spiro atoms. The van der Waals surface area contributed by atoms with E-state index in [4.69, 9.17) is 10.5 Å². The van der Waals surface area contributed by atoms with Crippen molar-refractivity contribution in [2.75, 3.05) is 13.2 Å². The Kier molecular flexibility index (Phi) is 8.17. The summed E-state index contributed by atoms with van der Waals surface area (Å²) < 4.78 is 8.58. The van der Waals surface area contributed by atoms with Gasteiger partial charge in [0.2, 0.25) is 0 Å². The number of unbranched alkanes of at least 4 members (excludes halogenated alkanes) is 3. The highest BCUT2D eigenvalue weighted by atomic mass is 16.8. The van der Waals surface area contributed by atoms with E-state index in [9.17, 15) is 4.79 Å². The van der Waals surface area contributed by atoms with Gasteiger partial charge in [-0.15, -0.1) is 0 Å². The third-order valence-electron chi connectivity index (χ3n) is 1.35. The van der Waals surface area contributed by atoms with Crippen LogP contribution in [0.15, 0.2) is 0 Å². The van der Waals surface area contributed by atoms with Crippen LogP contribution in [0.1, 0.15) is 25.7 Å². The average molecular weight is 196 g/mol. The molecule has 1 heterocycles. The van der Waals surface area contributed by atoms with Gasteiger partial charge in [-0.05, 0) is 12.8 Å². The van der Waals surface area contributed by atoms with Gasteiger partial charge in [0.1, 0.15) is 13.2 Å². The largest absolute Gasteiger partial charge is 0.508 e. The number of carbonyl (C=O) groups is 1. The molecule has 5 heteroatoms. The van der Waals surface area contributed by atoms with Gasteiger partial charge >= 0.3 is 6.16 Å². The van der Waals surface area contributed by atoms with Crippen molar-refractivity contribution in [2.24, 2.45) is 0 Å². The number of rotatable bonds is 3. The van der Waals surface area contributed by atoms with E-state index in [1.54, 1.807) is 0 Å². The van der Waals surface area contributed by atoms with Crippen LogP contribution in [0.2, 0.25) is 0 Å². The van der Waals surface area contributed by atoms with Crippen molar-refractivity contribution in [3.63, 3.8) is 0 Å². The minimum atomic E-state index is -0.546. The van der Waals surface area contributed by atoms with Crippen LogP contribution >= 0.6 is 0 Å². The minimum absolute atomic E-state index is 0.416. The van der Waals surface area contributed by atoms with E-state index in [1.807, 2.05) is 12.1 Å². The first-order chi connectivity index (χ1) is 6.81. The average Bonchev–Trinajstić information content (AvgIpc) is 2.65. The molecule has 0 N–H and O–H groups in total. The molecular formula is C9H12N2O3. The molecule has 14 heavy (non-hydrogen) atoms. The van der Waals surface area contributed by atoms with Crippen molar-refractivity contribution in [2.45, 2.75) is 25.7 Å². The lowest BCUT2D eigenvalue weighted by Gasteiger charge is -1.83. The summed E-state index contributed by atoms with van der Waals surface area (Å²) in [6, 6.07) is 4.03. The Morgan fingerprint density at radius 3 is 1.71 bits per heavy atom. The Morgan fingerprint density at radius 1 is 1.07 bits per heavy atom. The molecule has 5 nitrogen and oxygen atoms in total. The van der Waals surface area contributed by atoms with E-state index in [0.717, 1.165) is 12.8 Å². The van der Waals surface area contributed by atoms with Gasteiger partial charge in [0, 0.05) is 12.8 Å². The third kappa shape index (κ3) is 8.35. The normalized spacial score (nSPS) is 12.6. The fourth-order valence-electron chi connectivity index (χ4n) is 0.700. The topological polar surface area (TPSA) is 83.1 Å². The van der Waals surface area contributed by atoms with Gasteiger partial charge in [-0.3, -0.25) is 0 Å². The number of cyclic esters (lactones) is 2. The molecule has 1 aliphatic rings. The van der Waals surface area contributed by atoms with Crippen LogP contribution in [0, 0.1) is 22.7 Å². The van der Waals surface area contributed by atoms with Gasteiger partial charge in [-0.25, -0.2) is 4.79 Å². The second-order valence-electron chi connectivity index (χ2n) is 2.47. The number of carbonyl (C=O) groups excluding carboxylic acids is 1. The van der Waals surface area contributed by atoms with Gasteiger partial charge in [0.05, 0.1) is 12.1 Å². The lowest BCUT2D eigenvalue weighted by atomic mass is 10.2. The Hall–Kier alpha value is -1.75. The van der Waals surface area contributed by atoms with Crippen LogP contribution < -0.4 is 0 Å². The van der Waals surface area contributed by atoms with Crippen molar-refractivity contribution < 1.29 is 14.3 Å². The smallest absolute Gasteiger partial charge is 0.431 e. The number of ether oxygens (including phenoxy) is 2. The monoisotopic (exact) mass is 196 g/mol. The van der Waals surface area contributed by atoms with Crippen LogP contribution in [0.25, 0.3) is 0 Å². The standard InChI is InChI=1S/C6H8N2.C3H4O3/c7-5-3-1-2-4-6-8;4-3-5-1-2-6-3/h1-4H2;1-2H2. The Labute approximate surface area is 82.8 Å². The molecule has 0 unspecified atom stereocenters. The predicted molar refractivity (Wildman–Crippen MR) is 47.0 cm³/mol. The highest BCUT2D eigenvalue weighted by Crippen LogP contribution is 1.95. The van der Waals surface area contributed by atoms with Crippen molar-refractivity contribution in [3.8, 4) is 12.1 Å². The summed E-state index contributed by atoms with van der Waals surface area (Å²) in [5.41, 5.74) is 0. The van der Waals surface area contributed by atoms with Crippen molar-refractivity contribution in [1.82, 2.24) is 0 Å². The first-order valence-corrected chi connectivity index (χ1v) is 4.34. The molecule has 1 saturated heterocycles. The summed E-state index contributed by atoms with van der Waals surface area (Å²) in [6.07, 6.45) is 2.35. The molecule has 0 bridgehead atoms. The molecule has 0 saturated carbocycles. The molecule has 0 radical (unpaired) electrons. The fraction of sp³-hybridized carbons (Fsp3) is 0.667. The van der Waals surface area contributed by atoms with Crippen LogP contribution in [-0.4, -0.2) is 19.4 Å². The zero-order chi connectivity index (χ0) is 10.6. The first-order valence-electron chi connectivity index (χ1n) is 4.34. The SMILES string of the molecule is N#CCCCCC#N.O=C1OCCO1. The zero-order valence-corrected chi connectivity index (χ0v) is 7.86.